The third-order valence-corrected chi connectivity index (χ3v) is 5.76. The number of amides is 2. The number of hydrogen-bond acceptors (Lipinski definition) is 7. The monoisotopic (exact) mass is 466 g/mol. The van der Waals surface area contributed by atoms with Crippen LogP contribution in [0.1, 0.15) is 52.9 Å². The fourth-order valence-electron chi connectivity index (χ4n) is 3.84. The number of anilines is 2. The number of piperazine rings is 1. The Hall–Kier alpha value is -2.82. The second-order valence-electron chi connectivity index (χ2n) is 8.21. The zero-order chi connectivity index (χ0) is 24.4. The number of unbranched alkanes of at least 4 members (excludes halogenated alkanes) is 3. The molecule has 0 atom stereocenters. The van der Waals surface area contributed by atoms with Crippen molar-refractivity contribution >= 4 is 23.5 Å². The normalized spacial score (nSPS) is 14.3. The van der Waals surface area contributed by atoms with Gasteiger partial charge in [0.25, 0.3) is 5.56 Å². The molecule has 2 amide bonds. The third kappa shape index (κ3) is 7.08. The Kier molecular flexibility index (Phi) is 10.4. The molecule has 0 saturated carbocycles. The van der Waals surface area contributed by atoms with Gasteiger partial charge in [-0.3, -0.25) is 24.0 Å². The summed E-state index contributed by atoms with van der Waals surface area (Å²) < 4.78 is 6.37. The number of nitrogens with two attached hydrogens (primary N) is 1. The number of ether oxygens (including phenoxy) is 1. The zero-order valence-corrected chi connectivity index (χ0v) is 20.1. The molecule has 0 spiro atoms. The number of carbonyl (C=O) groups excluding carboxylic acids is 2. The van der Waals surface area contributed by atoms with Gasteiger partial charge in [0.2, 0.25) is 5.91 Å². The van der Waals surface area contributed by atoms with E-state index < -0.39 is 11.2 Å². The lowest BCUT2D eigenvalue weighted by Crippen LogP contribution is -2.52. The quantitative estimate of drug-likeness (QED) is 0.468. The number of nitrogen functional groups attached to an aromatic ring is 1. The number of nitrogens with one attached hydrogen (secondary N) is 1. The Bertz CT molecular complexity index is 904. The largest absolute Gasteiger partial charge is 0.450 e. The van der Waals surface area contributed by atoms with E-state index >= 15 is 0 Å². The van der Waals surface area contributed by atoms with Gasteiger partial charge in [-0.15, -0.1) is 0 Å². The molecule has 0 aliphatic carbocycles. The lowest BCUT2D eigenvalue weighted by Gasteiger charge is -2.34. The fraction of sp³-hybridized carbons (Fsp3) is 0.727. The Balaban J connectivity index is 2.21. The number of nitrogens with zero attached hydrogens (tertiary/aromatic N) is 4. The van der Waals surface area contributed by atoms with E-state index in [-0.39, 0.29) is 30.1 Å². The zero-order valence-electron chi connectivity index (χ0n) is 20.1. The number of H-pyrrole nitrogens is 1. The standard InChI is InChI=1S/C22H38N6O5/c1-4-7-9-11-27(18-19(23)28(10-8-5-2)21(31)24-20(18)30)17(29)16-25-12-14-26(15-13-25)22(32)33-6-3/h4-16,23H2,1-3H3,(H,24,30,31). The molecule has 0 bridgehead atoms. The number of hydrogen-bond donors (Lipinski definition) is 2. The Morgan fingerprint density at radius 3 is 2.30 bits per heavy atom. The van der Waals surface area contributed by atoms with Crippen molar-refractivity contribution in [3.63, 3.8) is 0 Å². The first-order valence-corrected chi connectivity index (χ1v) is 11.9. The summed E-state index contributed by atoms with van der Waals surface area (Å²) in [5.74, 6) is -0.234. The van der Waals surface area contributed by atoms with Gasteiger partial charge in [0, 0.05) is 39.3 Å². The molecule has 3 N–H and O–H groups in total. The van der Waals surface area contributed by atoms with Crippen molar-refractivity contribution < 1.29 is 14.3 Å². The van der Waals surface area contributed by atoms with Crippen molar-refractivity contribution in [1.29, 1.82) is 0 Å². The number of rotatable bonds is 11. The van der Waals surface area contributed by atoms with Crippen molar-refractivity contribution in [3.8, 4) is 0 Å². The topological polar surface area (TPSA) is 134 Å². The van der Waals surface area contributed by atoms with E-state index in [1.54, 1.807) is 11.8 Å². The predicted molar refractivity (Wildman–Crippen MR) is 128 cm³/mol. The molecule has 11 heteroatoms. The maximum absolute atomic E-state index is 13.3. The molecule has 1 fully saturated rings. The highest BCUT2D eigenvalue weighted by Crippen LogP contribution is 2.19. The third-order valence-electron chi connectivity index (χ3n) is 5.76. The van der Waals surface area contributed by atoms with Crippen LogP contribution in [0.4, 0.5) is 16.3 Å². The molecule has 2 heterocycles. The number of aromatic amines is 1. The summed E-state index contributed by atoms with van der Waals surface area (Å²) in [6.45, 7) is 8.92. The lowest BCUT2D eigenvalue weighted by molar-refractivity contribution is -0.120. The molecule has 1 aromatic heterocycles. The summed E-state index contributed by atoms with van der Waals surface area (Å²) in [4.78, 5) is 57.6. The molecule has 1 saturated heterocycles. The molecule has 1 aliphatic heterocycles. The molecule has 2 rings (SSSR count). The van der Waals surface area contributed by atoms with Gasteiger partial charge in [-0.05, 0) is 19.8 Å². The molecule has 186 valence electrons. The van der Waals surface area contributed by atoms with Gasteiger partial charge < -0.3 is 20.3 Å². The van der Waals surface area contributed by atoms with Crippen molar-refractivity contribution in [2.45, 2.75) is 59.4 Å². The minimum Gasteiger partial charge on any atom is -0.450 e. The van der Waals surface area contributed by atoms with Gasteiger partial charge >= 0.3 is 11.8 Å². The molecule has 0 radical (unpaired) electrons. The van der Waals surface area contributed by atoms with E-state index in [1.807, 2.05) is 11.8 Å². The van der Waals surface area contributed by atoms with Crippen LogP contribution in [0.3, 0.4) is 0 Å². The van der Waals surface area contributed by atoms with Gasteiger partial charge in [0.1, 0.15) is 5.82 Å². The first-order chi connectivity index (χ1) is 15.8. The van der Waals surface area contributed by atoms with Crippen molar-refractivity contribution in [3.05, 3.63) is 20.8 Å². The van der Waals surface area contributed by atoms with Crippen LogP contribution in [0.25, 0.3) is 0 Å². The van der Waals surface area contributed by atoms with E-state index in [1.165, 1.54) is 9.47 Å². The second-order valence-corrected chi connectivity index (χ2v) is 8.21. The SMILES string of the molecule is CCCCCN(C(=O)CN1CCN(C(=O)OCC)CC1)c1c(N)n(CCCC)c(=O)[nH]c1=O. The molecule has 33 heavy (non-hydrogen) atoms. The summed E-state index contributed by atoms with van der Waals surface area (Å²) in [6, 6.07) is 0. The Labute approximate surface area is 194 Å². The summed E-state index contributed by atoms with van der Waals surface area (Å²) in [7, 11) is 0. The van der Waals surface area contributed by atoms with E-state index in [4.69, 9.17) is 10.5 Å². The summed E-state index contributed by atoms with van der Waals surface area (Å²) >= 11 is 0. The van der Waals surface area contributed by atoms with Gasteiger partial charge in [-0.25, -0.2) is 9.59 Å². The van der Waals surface area contributed by atoms with Crippen molar-refractivity contribution in [2.75, 3.05) is 56.5 Å². The minimum atomic E-state index is -0.651. The average molecular weight is 467 g/mol. The van der Waals surface area contributed by atoms with Crippen LogP contribution in [0.15, 0.2) is 9.59 Å². The smallest absolute Gasteiger partial charge is 0.409 e. The molecule has 0 unspecified atom stereocenters. The van der Waals surface area contributed by atoms with Crippen LogP contribution in [0, 0.1) is 0 Å². The van der Waals surface area contributed by atoms with E-state index in [9.17, 15) is 19.2 Å². The molecule has 0 aromatic carbocycles. The van der Waals surface area contributed by atoms with Crippen LogP contribution in [0.2, 0.25) is 0 Å². The maximum Gasteiger partial charge on any atom is 0.409 e. The highest BCUT2D eigenvalue weighted by atomic mass is 16.6. The predicted octanol–water partition coefficient (Wildman–Crippen LogP) is 1.22. The van der Waals surface area contributed by atoms with Gasteiger partial charge in [0.15, 0.2) is 5.69 Å². The molecule has 11 nitrogen and oxygen atoms in total. The molecule has 1 aromatic rings. The van der Waals surface area contributed by atoms with Crippen LogP contribution in [-0.2, 0) is 16.1 Å². The highest BCUT2D eigenvalue weighted by molar-refractivity contribution is 5.96. The molecular formula is C22H38N6O5. The average Bonchev–Trinajstić information content (AvgIpc) is 2.78. The van der Waals surface area contributed by atoms with Crippen molar-refractivity contribution in [1.82, 2.24) is 19.4 Å². The Morgan fingerprint density at radius 1 is 1.03 bits per heavy atom. The fourth-order valence-corrected chi connectivity index (χ4v) is 3.84. The highest BCUT2D eigenvalue weighted by Gasteiger charge is 2.28. The summed E-state index contributed by atoms with van der Waals surface area (Å²) in [5, 5.41) is 0. The van der Waals surface area contributed by atoms with Gasteiger partial charge in [-0.2, -0.15) is 0 Å². The van der Waals surface area contributed by atoms with Crippen LogP contribution < -0.4 is 21.9 Å². The summed E-state index contributed by atoms with van der Waals surface area (Å²) in [5.41, 5.74) is 5.08. The van der Waals surface area contributed by atoms with E-state index in [0.717, 1.165) is 25.7 Å². The number of aromatic nitrogens is 2. The van der Waals surface area contributed by atoms with Crippen molar-refractivity contribution in [2.24, 2.45) is 0 Å². The van der Waals surface area contributed by atoms with Crippen LogP contribution in [-0.4, -0.2) is 77.2 Å². The maximum atomic E-state index is 13.3. The van der Waals surface area contributed by atoms with E-state index in [2.05, 4.69) is 11.9 Å². The van der Waals surface area contributed by atoms with Crippen LogP contribution in [0.5, 0.6) is 0 Å². The first kappa shape index (κ1) is 26.4. The molecular weight excluding hydrogens is 428 g/mol. The lowest BCUT2D eigenvalue weighted by atomic mass is 10.2. The van der Waals surface area contributed by atoms with Gasteiger partial charge in [0.05, 0.1) is 13.2 Å². The second kappa shape index (κ2) is 13.0. The van der Waals surface area contributed by atoms with Gasteiger partial charge in [-0.1, -0.05) is 33.1 Å². The summed E-state index contributed by atoms with van der Waals surface area (Å²) in [6.07, 6.45) is 3.81. The molecule has 1 aliphatic rings. The Morgan fingerprint density at radius 2 is 1.70 bits per heavy atom. The number of carbonyl (C=O) groups is 2. The van der Waals surface area contributed by atoms with E-state index in [0.29, 0.717) is 52.3 Å². The first-order valence-electron chi connectivity index (χ1n) is 11.9. The van der Waals surface area contributed by atoms with Crippen LogP contribution >= 0.6 is 0 Å². The minimum absolute atomic E-state index is 0.0224.